The Hall–Kier alpha value is -0.630. The van der Waals surface area contributed by atoms with Gasteiger partial charge in [0.05, 0.1) is 6.35 Å². The number of carbonyl (C=O) groups excluding carboxylic acids is 1. The highest BCUT2D eigenvalue weighted by Crippen LogP contribution is 2.09. The molecular weight excluding hydrogens is 223 g/mol. The fraction of sp³-hybridized carbons (Fsp3) is 0.222. The molecule has 0 saturated carbocycles. The topological polar surface area (TPSA) is 35.5 Å². The lowest BCUT2D eigenvalue weighted by Gasteiger charge is -1.95. The molecule has 0 bridgehead atoms. The Morgan fingerprint density at radius 1 is 1.43 bits per heavy atom. The van der Waals surface area contributed by atoms with Crippen LogP contribution in [0.5, 0.6) is 5.75 Å². The van der Waals surface area contributed by atoms with Gasteiger partial charge in [0.15, 0.2) is 0 Å². The smallest absolute Gasteiger partial charge is 0.409 e. The summed E-state index contributed by atoms with van der Waals surface area (Å²) in [6.45, 7) is 0. The molecule has 0 aliphatic carbocycles. The average Bonchev–Trinajstić information content (AvgIpc) is 2.19. The lowest BCUT2D eigenvalue weighted by molar-refractivity contribution is 0.225. The zero-order chi connectivity index (χ0) is 10.8. The number of ether oxygens (including phenoxy) is 2. The Morgan fingerprint density at radius 3 is 2.29 bits per heavy atom. The summed E-state index contributed by atoms with van der Waals surface area (Å²) in [5.74, 6) is 0.461. The van der Waals surface area contributed by atoms with Gasteiger partial charge in [-0.3, -0.25) is 0 Å². The van der Waals surface area contributed by atoms with Gasteiger partial charge in [0.2, 0.25) is 0 Å². The van der Waals surface area contributed by atoms with Gasteiger partial charge in [0, 0.05) is 18.7 Å². The van der Waals surface area contributed by atoms with Crippen LogP contribution < -0.4 is 4.74 Å². The molecule has 1 rings (SSSR count). The van der Waals surface area contributed by atoms with Crippen LogP contribution in [-0.2, 0) is 4.74 Å². The van der Waals surface area contributed by atoms with E-state index < -0.39 is 5.43 Å². The van der Waals surface area contributed by atoms with E-state index in [-0.39, 0.29) is 0 Å². The minimum absolute atomic E-state index is 0.461. The minimum atomic E-state index is -0.814. The molecular formula is C9H12ClO3P. The molecule has 0 N–H and O–H groups in total. The van der Waals surface area contributed by atoms with E-state index in [0.29, 0.717) is 5.75 Å². The molecule has 5 heteroatoms. The van der Waals surface area contributed by atoms with Crippen molar-refractivity contribution in [2.75, 3.05) is 13.5 Å². The summed E-state index contributed by atoms with van der Waals surface area (Å²) in [5, 5.41) is 0. The molecule has 0 amide bonds. The van der Waals surface area contributed by atoms with Crippen molar-refractivity contribution in [2.45, 2.75) is 0 Å². The highest BCUT2D eigenvalue weighted by Gasteiger charge is 1.95. The summed E-state index contributed by atoms with van der Waals surface area (Å²) in [6, 6.07) is 8.65. The normalized spacial score (nSPS) is 8.50. The van der Waals surface area contributed by atoms with Crippen LogP contribution in [-0.4, -0.2) is 18.9 Å². The van der Waals surface area contributed by atoms with Crippen molar-refractivity contribution in [2.24, 2.45) is 0 Å². The van der Waals surface area contributed by atoms with Crippen molar-refractivity contribution in [3.05, 3.63) is 30.3 Å². The van der Waals surface area contributed by atoms with Gasteiger partial charge in [-0.05, 0) is 12.1 Å². The molecule has 0 saturated heterocycles. The summed E-state index contributed by atoms with van der Waals surface area (Å²) in [5.41, 5.74) is -0.814. The first-order valence-corrected chi connectivity index (χ1v) is 5.01. The summed E-state index contributed by atoms with van der Waals surface area (Å²) < 4.78 is 9.05. The van der Waals surface area contributed by atoms with Crippen molar-refractivity contribution >= 4 is 26.3 Å². The predicted octanol–water partition coefficient (Wildman–Crippen LogP) is 2.89. The van der Waals surface area contributed by atoms with Crippen molar-refractivity contribution in [1.82, 2.24) is 0 Å². The van der Waals surface area contributed by atoms with Gasteiger partial charge in [0.1, 0.15) is 5.75 Å². The molecule has 1 aromatic rings. The number of rotatable bonds is 2. The van der Waals surface area contributed by atoms with Crippen LogP contribution in [0.25, 0.3) is 0 Å². The maximum Gasteiger partial charge on any atom is 0.409 e. The monoisotopic (exact) mass is 234 g/mol. The van der Waals surface area contributed by atoms with E-state index in [1.807, 2.05) is 6.07 Å². The molecule has 0 heterocycles. The lowest BCUT2D eigenvalue weighted by atomic mass is 10.3. The zero-order valence-electron chi connectivity index (χ0n) is 7.77. The van der Waals surface area contributed by atoms with E-state index in [4.69, 9.17) is 11.6 Å². The molecule has 0 fully saturated rings. The van der Waals surface area contributed by atoms with Crippen LogP contribution in [0.2, 0.25) is 0 Å². The van der Waals surface area contributed by atoms with Crippen molar-refractivity contribution in [3.63, 3.8) is 0 Å². The van der Waals surface area contributed by atoms with E-state index in [1.165, 1.54) is 0 Å². The van der Waals surface area contributed by atoms with Crippen LogP contribution in [0.4, 0.5) is 4.79 Å². The average molecular weight is 235 g/mol. The van der Waals surface area contributed by atoms with E-state index in [2.05, 4.69) is 18.7 Å². The fourth-order valence-corrected chi connectivity index (χ4v) is 0.670. The van der Waals surface area contributed by atoms with Gasteiger partial charge in [0.25, 0.3) is 0 Å². The number of para-hydroxylation sites is 1. The van der Waals surface area contributed by atoms with Crippen molar-refractivity contribution in [3.8, 4) is 5.75 Å². The molecule has 78 valence electrons. The third kappa shape index (κ3) is 7.99. The van der Waals surface area contributed by atoms with Gasteiger partial charge in [-0.25, -0.2) is 4.79 Å². The highest BCUT2D eigenvalue weighted by molar-refractivity contribution is 7.16. The van der Waals surface area contributed by atoms with Gasteiger partial charge >= 0.3 is 5.43 Å². The molecule has 1 atom stereocenters. The standard InChI is InChI=1S/C7H5ClO2.C2H7OP/c8-7(9)10-6-4-2-1-3-5-6;1-3-2-4/h1-5H;2,4H2,1H3. The number of benzene rings is 1. The first kappa shape index (κ1) is 13.4. The third-order valence-corrected chi connectivity index (χ3v) is 1.52. The second-order valence-corrected chi connectivity index (χ2v) is 2.75. The number of hydrogen-bond donors (Lipinski definition) is 0. The molecule has 1 unspecified atom stereocenters. The van der Waals surface area contributed by atoms with Gasteiger partial charge in [-0.2, -0.15) is 0 Å². The Labute approximate surface area is 90.6 Å². The van der Waals surface area contributed by atoms with Gasteiger partial charge in [-0.1, -0.05) is 18.2 Å². The summed E-state index contributed by atoms with van der Waals surface area (Å²) in [6.07, 6.45) is 0.736. The minimum Gasteiger partial charge on any atom is -0.415 e. The van der Waals surface area contributed by atoms with Crippen LogP contribution in [0, 0.1) is 0 Å². The zero-order valence-corrected chi connectivity index (χ0v) is 9.68. The molecule has 1 aromatic carbocycles. The maximum absolute atomic E-state index is 10.2. The molecule has 0 aliphatic heterocycles. The first-order valence-electron chi connectivity index (χ1n) is 3.82. The summed E-state index contributed by atoms with van der Waals surface area (Å²) in [7, 11) is 4.09. The van der Waals surface area contributed by atoms with Crippen LogP contribution in [0.15, 0.2) is 30.3 Å². The van der Waals surface area contributed by atoms with E-state index >= 15 is 0 Å². The van der Waals surface area contributed by atoms with Gasteiger partial charge in [-0.15, -0.1) is 9.24 Å². The molecule has 0 aromatic heterocycles. The molecule has 0 radical (unpaired) electrons. The van der Waals surface area contributed by atoms with Crippen molar-refractivity contribution < 1.29 is 14.3 Å². The predicted molar refractivity (Wildman–Crippen MR) is 59.9 cm³/mol. The summed E-state index contributed by atoms with van der Waals surface area (Å²) >= 11 is 4.95. The van der Waals surface area contributed by atoms with E-state index in [0.717, 1.165) is 6.35 Å². The summed E-state index contributed by atoms with van der Waals surface area (Å²) in [4.78, 5) is 10.2. The first-order chi connectivity index (χ1) is 6.70. The Morgan fingerprint density at radius 2 is 1.93 bits per heavy atom. The maximum atomic E-state index is 10.2. The number of methoxy groups -OCH3 is 1. The van der Waals surface area contributed by atoms with Crippen LogP contribution in [0.1, 0.15) is 0 Å². The Balaban J connectivity index is 0.000000364. The largest absolute Gasteiger partial charge is 0.415 e. The molecule has 3 nitrogen and oxygen atoms in total. The Bertz CT molecular complexity index is 251. The van der Waals surface area contributed by atoms with E-state index in [1.54, 1.807) is 31.4 Å². The quantitative estimate of drug-likeness (QED) is 0.583. The molecule has 14 heavy (non-hydrogen) atoms. The van der Waals surface area contributed by atoms with Crippen LogP contribution >= 0.6 is 20.8 Å². The number of carbonyl (C=O) groups is 1. The number of halogens is 1. The second kappa shape index (κ2) is 8.95. The SMILES string of the molecule is COCP.O=C(Cl)Oc1ccccc1. The van der Waals surface area contributed by atoms with Gasteiger partial charge < -0.3 is 9.47 Å². The fourth-order valence-electron chi connectivity index (χ4n) is 0.581. The van der Waals surface area contributed by atoms with E-state index in [9.17, 15) is 4.79 Å². The van der Waals surface area contributed by atoms with Crippen molar-refractivity contribution in [1.29, 1.82) is 0 Å². The lowest BCUT2D eigenvalue weighted by Crippen LogP contribution is -1.94. The van der Waals surface area contributed by atoms with Crippen LogP contribution in [0.3, 0.4) is 0 Å². The third-order valence-electron chi connectivity index (χ3n) is 1.11. The molecule has 0 spiro atoms. The number of hydrogen-bond acceptors (Lipinski definition) is 3. The Kier molecular flexibility index (Phi) is 8.54. The second-order valence-electron chi connectivity index (χ2n) is 2.11. The highest BCUT2D eigenvalue weighted by atomic mass is 35.5. The molecule has 0 aliphatic rings.